The van der Waals surface area contributed by atoms with Crippen LogP contribution in [-0.4, -0.2) is 46.7 Å². The van der Waals surface area contributed by atoms with Gasteiger partial charge in [0.25, 0.3) is 0 Å². The Bertz CT molecular complexity index is 1080. The summed E-state index contributed by atoms with van der Waals surface area (Å²) in [5.41, 5.74) is 2.25. The van der Waals surface area contributed by atoms with Gasteiger partial charge in [-0.15, -0.1) is 0 Å². The van der Waals surface area contributed by atoms with Crippen molar-refractivity contribution >= 4 is 11.4 Å². The van der Waals surface area contributed by atoms with Crippen molar-refractivity contribution in [1.29, 1.82) is 5.26 Å². The van der Waals surface area contributed by atoms with Crippen LogP contribution < -0.4 is 9.80 Å². The number of hydrogen-bond donors (Lipinski definition) is 0. The van der Waals surface area contributed by atoms with Crippen molar-refractivity contribution in [3.05, 3.63) is 58.7 Å². The van der Waals surface area contributed by atoms with Gasteiger partial charge in [-0.2, -0.15) is 18.4 Å². The summed E-state index contributed by atoms with van der Waals surface area (Å²) < 4.78 is 52.2. The molecule has 0 bridgehead atoms. The standard InChI is InChI=1S/C29H36F3N3O2/c1-4-25-26(10-7-23(19-33)27(25)29(30,31)32)35-17-11-21(12-18-35)20-5-8-24(9-6-20)34-15-13-22(14-16-34)28(36-2)37-3/h5-10,21-22,28H,4,11-18H2,1-3H3. The Balaban J connectivity index is 1.39. The second-order valence-corrected chi connectivity index (χ2v) is 9.97. The van der Waals surface area contributed by atoms with Crippen LogP contribution >= 0.6 is 0 Å². The van der Waals surface area contributed by atoms with Gasteiger partial charge in [-0.05, 0) is 73.4 Å². The van der Waals surface area contributed by atoms with E-state index in [9.17, 15) is 18.4 Å². The van der Waals surface area contributed by atoms with E-state index in [0.717, 1.165) is 38.8 Å². The summed E-state index contributed by atoms with van der Waals surface area (Å²) in [7, 11) is 3.38. The van der Waals surface area contributed by atoms with Gasteiger partial charge in [-0.1, -0.05) is 19.1 Å². The Morgan fingerprint density at radius 1 is 0.919 bits per heavy atom. The van der Waals surface area contributed by atoms with Crippen molar-refractivity contribution in [1.82, 2.24) is 0 Å². The third-order valence-corrected chi connectivity index (χ3v) is 8.00. The van der Waals surface area contributed by atoms with Crippen molar-refractivity contribution in [3.63, 3.8) is 0 Å². The lowest BCUT2D eigenvalue weighted by molar-refractivity contribution is -0.141. The number of nitrogens with zero attached hydrogens (tertiary/aromatic N) is 3. The Morgan fingerprint density at radius 2 is 1.51 bits per heavy atom. The highest BCUT2D eigenvalue weighted by Gasteiger charge is 2.38. The first-order valence-corrected chi connectivity index (χ1v) is 13.1. The van der Waals surface area contributed by atoms with Crippen LogP contribution in [-0.2, 0) is 22.1 Å². The largest absolute Gasteiger partial charge is 0.418 e. The zero-order chi connectivity index (χ0) is 26.6. The average molecular weight is 516 g/mol. The third-order valence-electron chi connectivity index (χ3n) is 8.00. The van der Waals surface area contributed by atoms with Crippen LogP contribution in [0.3, 0.4) is 0 Å². The first-order chi connectivity index (χ1) is 17.8. The molecule has 0 N–H and O–H groups in total. The highest BCUT2D eigenvalue weighted by atomic mass is 19.4. The molecular weight excluding hydrogens is 479 g/mol. The maximum Gasteiger partial charge on any atom is 0.418 e. The number of ether oxygens (including phenoxy) is 2. The Kier molecular flexibility index (Phi) is 8.66. The molecule has 8 heteroatoms. The summed E-state index contributed by atoms with van der Waals surface area (Å²) in [5.74, 6) is 0.790. The smallest absolute Gasteiger partial charge is 0.372 e. The molecule has 2 aromatic carbocycles. The van der Waals surface area contributed by atoms with Gasteiger partial charge in [0.1, 0.15) is 0 Å². The molecule has 0 saturated carbocycles. The number of alkyl halides is 3. The van der Waals surface area contributed by atoms with Crippen molar-refractivity contribution in [3.8, 4) is 6.07 Å². The normalized spacial score (nSPS) is 17.9. The number of anilines is 2. The lowest BCUT2D eigenvalue weighted by Gasteiger charge is -2.37. The molecule has 2 aliphatic rings. The van der Waals surface area contributed by atoms with E-state index < -0.39 is 11.7 Å². The maximum absolute atomic E-state index is 13.8. The van der Waals surface area contributed by atoms with Crippen LogP contribution in [0.15, 0.2) is 36.4 Å². The lowest BCUT2D eigenvalue weighted by atomic mass is 9.88. The molecule has 2 fully saturated rings. The second kappa shape index (κ2) is 11.7. The number of hydrogen-bond acceptors (Lipinski definition) is 5. The van der Waals surface area contributed by atoms with Gasteiger partial charge in [0.2, 0.25) is 0 Å². The van der Waals surface area contributed by atoms with Crippen molar-refractivity contribution in [2.75, 3.05) is 50.2 Å². The molecule has 4 rings (SSSR count). The topological polar surface area (TPSA) is 48.7 Å². The highest BCUT2D eigenvalue weighted by Crippen LogP contribution is 2.41. The minimum Gasteiger partial charge on any atom is -0.372 e. The molecule has 200 valence electrons. The number of rotatable bonds is 7. The molecule has 0 aliphatic carbocycles. The fourth-order valence-corrected chi connectivity index (χ4v) is 6.03. The second-order valence-electron chi connectivity index (χ2n) is 9.97. The average Bonchev–Trinajstić information content (AvgIpc) is 2.93. The molecule has 2 aliphatic heterocycles. The summed E-state index contributed by atoms with van der Waals surface area (Å²) in [6.07, 6.45) is -0.648. The zero-order valence-corrected chi connectivity index (χ0v) is 21.9. The third kappa shape index (κ3) is 5.89. The van der Waals surface area contributed by atoms with Gasteiger partial charge < -0.3 is 19.3 Å². The fraction of sp³-hybridized carbons (Fsp3) is 0.552. The zero-order valence-electron chi connectivity index (χ0n) is 21.9. The minimum absolute atomic E-state index is 0.145. The first-order valence-electron chi connectivity index (χ1n) is 13.1. The molecule has 5 nitrogen and oxygen atoms in total. The highest BCUT2D eigenvalue weighted by molar-refractivity contribution is 5.62. The molecule has 37 heavy (non-hydrogen) atoms. The molecule has 0 spiro atoms. The molecule has 2 aromatic rings. The van der Waals surface area contributed by atoms with Crippen LogP contribution in [0.1, 0.15) is 60.8 Å². The Labute approximate surface area is 217 Å². The summed E-state index contributed by atoms with van der Waals surface area (Å²) in [4.78, 5) is 4.46. The summed E-state index contributed by atoms with van der Waals surface area (Å²) in [6.45, 7) is 5.04. The molecule has 2 saturated heterocycles. The van der Waals surface area contributed by atoms with E-state index in [-0.39, 0.29) is 23.8 Å². The molecule has 0 atom stereocenters. The van der Waals surface area contributed by atoms with E-state index in [0.29, 0.717) is 30.6 Å². The number of methoxy groups -OCH3 is 2. The van der Waals surface area contributed by atoms with Gasteiger partial charge in [0, 0.05) is 57.7 Å². The Morgan fingerprint density at radius 3 is 2.03 bits per heavy atom. The summed E-state index contributed by atoms with van der Waals surface area (Å²) in [6, 6.07) is 13.5. The molecule has 2 heterocycles. The molecule has 0 radical (unpaired) electrons. The molecule has 0 aromatic heterocycles. The Hall–Kier alpha value is -2.76. The number of nitriles is 1. The van der Waals surface area contributed by atoms with Gasteiger partial charge in [0.05, 0.1) is 17.2 Å². The van der Waals surface area contributed by atoms with E-state index >= 15 is 0 Å². The fourth-order valence-electron chi connectivity index (χ4n) is 6.03. The number of piperidine rings is 2. The monoisotopic (exact) mass is 515 g/mol. The van der Waals surface area contributed by atoms with Crippen molar-refractivity contribution < 1.29 is 22.6 Å². The molecule has 0 amide bonds. The van der Waals surface area contributed by atoms with Gasteiger partial charge in [-0.25, -0.2) is 0 Å². The maximum atomic E-state index is 13.8. The lowest BCUT2D eigenvalue weighted by Crippen LogP contribution is -2.39. The molecular formula is C29H36F3N3O2. The van der Waals surface area contributed by atoms with E-state index in [1.807, 2.05) is 0 Å². The molecule has 0 unspecified atom stereocenters. The van der Waals surface area contributed by atoms with Gasteiger partial charge in [-0.3, -0.25) is 0 Å². The van der Waals surface area contributed by atoms with E-state index in [1.54, 1.807) is 33.3 Å². The van der Waals surface area contributed by atoms with E-state index in [4.69, 9.17) is 9.47 Å². The quantitative estimate of drug-likeness (QED) is 0.402. The summed E-state index contributed by atoms with van der Waals surface area (Å²) in [5, 5.41) is 9.24. The van der Waals surface area contributed by atoms with Crippen LogP contribution in [0.4, 0.5) is 24.5 Å². The predicted octanol–water partition coefficient (Wildman–Crippen LogP) is 6.36. The minimum atomic E-state index is -4.54. The SMILES string of the molecule is CCc1c(N2CCC(c3ccc(N4CCC(C(OC)OC)CC4)cc3)CC2)ccc(C#N)c1C(F)(F)F. The van der Waals surface area contributed by atoms with Crippen LogP contribution in [0, 0.1) is 17.2 Å². The van der Waals surface area contributed by atoms with E-state index in [2.05, 4.69) is 34.1 Å². The van der Waals surface area contributed by atoms with Crippen LogP contribution in [0.5, 0.6) is 0 Å². The summed E-state index contributed by atoms with van der Waals surface area (Å²) >= 11 is 0. The van der Waals surface area contributed by atoms with Crippen molar-refractivity contribution in [2.45, 2.75) is 57.4 Å². The first kappa shape index (κ1) is 27.3. The number of halogens is 3. The van der Waals surface area contributed by atoms with Crippen molar-refractivity contribution in [2.24, 2.45) is 5.92 Å². The van der Waals surface area contributed by atoms with Crippen LogP contribution in [0.2, 0.25) is 0 Å². The van der Waals surface area contributed by atoms with Crippen LogP contribution in [0.25, 0.3) is 0 Å². The number of benzene rings is 2. The predicted molar refractivity (Wildman–Crippen MR) is 139 cm³/mol. The van der Waals surface area contributed by atoms with E-state index in [1.165, 1.54) is 17.3 Å². The van der Waals surface area contributed by atoms with Gasteiger partial charge in [0.15, 0.2) is 6.29 Å². The van der Waals surface area contributed by atoms with Gasteiger partial charge >= 0.3 is 6.18 Å².